The number of hydrogen-bond donors (Lipinski definition) is 1. The Morgan fingerprint density at radius 2 is 1.75 bits per heavy atom. The van der Waals surface area contributed by atoms with Crippen LogP contribution in [0.3, 0.4) is 0 Å². The Morgan fingerprint density at radius 3 is 2.50 bits per heavy atom. The highest BCUT2D eigenvalue weighted by Crippen LogP contribution is 2.19. The van der Waals surface area contributed by atoms with Crippen LogP contribution >= 0.6 is 0 Å². The van der Waals surface area contributed by atoms with E-state index in [0.717, 1.165) is 5.56 Å². The van der Waals surface area contributed by atoms with Gasteiger partial charge in [0, 0.05) is 11.1 Å². The maximum Gasteiger partial charge on any atom is 0.185 e. The van der Waals surface area contributed by atoms with Crippen LogP contribution in [0, 0.1) is 0 Å². The van der Waals surface area contributed by atoms with E-state index in [1.165, 1.54) is 6.08 Å². The summed E-state index contributed by atoms with van der Waals surface area (Å²) in [7, 11) is 0. The van der Waals surface area contributed by atoms with E-state index in [4.69, 9.17) is 9.84 Å². The molecule has 0 aromatic heterocycles. The molecular formula is C17H16O3. The fraction of sp³-hybridized carbons (Fsp3) is 0.118. The smallest absolute Gasteiger partial charge is 0.185 e. The Hall–Kier alpha value is -2.39. The SMILES string of the molecule is O=C(/C=C/c1ccccc1OCCO)c1ccccc1. The van der Waals surface area contributed by atoms with Gasteiger partial charge in [0.25, 0.3) is 0 Å². The van der Waals surface area contributed by atoms with E-state index in [9.17, 15) is 4.79 Å². The minimum absolute atomic E-state index is 0.0407. The number of ketones is 1. The lowest BCUT2D eigenvalue weighted by molar-refractivity contribution is 0.104. The summed E-state index contributed by atoms with van der Waals surface area (Å²) in [5, 5.41) is 8.79. The van der Waals surface area contributed by atoms with Crippen LogP contribution in [0.1, 0.15) is 15.9 Å². The summed E-state index contributed by atoms with van der Waals surface area (Å²) in [6, 6.07) is 16.5. The van der Waals surface area contributed by atoms with Crippen molar-refractivity contribution in [2.45, 2.75) is 0 Å². The van der Waals surface area contributed by atoms with Crippen LogP contribution in [0.4, 0.5) is 0 Å². The number of para-hydroxylation sites is 1. The molecule has 0 aliphatic rings. The second-order valence-corrected chi connectivity index (χ2v) is 4.17. The van der Waals surface area contributed by atoms with E-state index in [0.29, 0.717) is 11.3 Å². The van der Waals surface area contributed by atoms with Crippen molar-refractivity contribution in [1.82, 2.24) is 0 Å². The quantitative estimate of drug-likeness (QED) is 0.647. The van der Waals surface area contributed by atoms with Crippen LogP contribution in [-0.2, 0) is 0 Å². The molecule has 3 heteroatoms. The van der Waals surface area contributed by atoms with Crippen LogP contribution in [0.5, 0.6) is 5.75 Å². The largest absolute Gasteiger partial charge is 0.491 e. The van der Waals surface area contributed by atoms with Crippen LogP contribution in [0.15, 0.2) is 60.7 Å². The number of aliphatic hydroxyl groups is 1. The predicted octanol–water partition coefficient (Wildman–Crippen LogP) is 2.95. The summed E-state index contributed by atoms with van der Waals surface area (Å²) in [4.78, 5) is 12.0. The van der Waals surface area contributed by atoms with Gasteiger partial charge in [0.15, 0.2) is 5.78 Å². The molecule has 0 bridgehead atoms. The molecule has 0 heterocycles. The Bertz CT molecular complexity index is 588. The molecule has 2 aromatic rings. The van der Waals surface area contributed by atoms with Crippen molar-refractivity contribution in [3.8, 4) is 5.75 Å². The molecule has 0 atom stereocenters. The molecule has 3 nitrogen and oxygen atoms in total. The molecule has 0 saturated heterocycles. The molecule has 102 valence electrons. The lowest BCUT2D eigenvalue weighted by Crippen LogP contribution is -2.02. The topological polar surface area (TPSA) is 46.5 Å². The second kappa shape index (κ2) is 7.26. The summed E-state index contributed by atoms with van der Waals surface area (Å²) in [6.45, 7) is 0.193. The maximum absolute atomic E-state index is 12.0. The number of carbonyl (C=O) groups is 1. The maximum atomic E-state index is 12.0. The zero-order chi connectivity index (χ0) is 14.2. The number of hydrogen-bond acceptors (Lipinski definition) is 3. The minimum atomic E-state index is -0.0532. The first kappa shape index (κ1) is 14.0. The molecule has 0 radical (unpaired) electrons. The number of rotatable bonds is 6. The Labute approximate surface area is 118 Å². The van der Waals surface area contributed by atoms with Crippen molar-refractivity contribution in [1.29, 1.82) is 0 Å². The van der Waals surface area contributed by atoms with Gasteiger partial charge in [-0.15, -0.1) is 0 Å². The van der Waals surface area contributed by atoms with Gasteiger partial charge in [-0.05, 0) is 18.2 Å². The summed E-state index contributed by atoms with van der Waals surface area (Å²) in [5.41, 5.74) is 1.46. The van der Waals surface area contributed by atoms with Crippen LogP contribution in [0.2, 0.25) is 0 Å². The van der Waals surface area contributed by atoms with E-state index in [1.807, 2.05) is 42.5 Å². The fourth-order valence-electron chi connectivity index (χ4n) is 1.77. The Kier molecular flexibility index (Phi) is 5.09. The standard InChI is InChI=1S/C17H16O3/c18-12-13-20-17-9-5-4-8-15(17)10-11-16(19)14-6-2-1-3-7-14/h1-11,18H,12-13H2/b11-10+. The molecule has 2 rings (SSSR count). The lowest BCUT2D eigenvalue weighted by Gasteiger charge is -2.07. The van der Waals surface area contributed by atoms with Crippen molar-refractivity contribution >= 4 is 11.9 Å². The molecule has 0 aliphatic heterocycles. The molecule has 0 unspecified atom stereocenters. The van der Waals surface area contributed by atoms with Crippen LogP contribution in [-0.4, -0.2) is 24.1 Å². The predicted molar refractivity (Wildman–Crippen MR) is 78.8 cm³/mol. The minimum Gasteiger partial charge on any atom is -0.491 e. The van der Waals surface area contributed by atoms with Gasteiger partial charge in [-0.2, -0.15) is 0 Å². The highest BCUT2D eigenvalue weighted by molar-refractivity contribution is 6.06. The van der Waals surface area contributed by atoms with Crippen molar-refractivity contribution in [3.05, 3.63) is 71.8 Å². The van der Waals surface area contributed by atoms with Gasteiger partial charge in [0.05, 0.1) is 6.61 Å². The monoisotopic (exact) mass is 268 g/mol. The van der Waals surface area contributed by atoms with Crippen molar-refractivity contribution in [2.75, 3.05) is 13.2 Å². The molecule has 20 heavy (non-hydrogen) atoms. The summed E-state index contributed by atoms with van der Waals surface area (Å²) in [5.74, 6) is 0.598. The van der Waals surface area contributed by atoms with Crippen LogP contribution < -0.4 is 4.74 Å². The van der Waals surface area contributed by atoms with Gasteiger partial charge >= 0.3 is 0 Å². The Balaban J connectivity index is 2.13. The molecule has 0 amide bonds. The first-order chi connectivity index (χ1) is 9.81. The van der Waals surface area contributed by atoms with Gasteiger partial charge in [0.1, 0.15) is 12.4 Å². The van der Waals surface area contributed by atoms with Crippen molar-refractivity contribution < 1.29 is 14.6 Å². The van der Waals surface area contributed by atoms with E-state index in [1.54, 1.807) is 18.2 Å². The lowest BCUT2D eigenvalue weighted by atomic mass is 10.1. The number of aliphatic hydroxyl groups excluding tert-OH is 1. The number of benzene rings is 2. The summed E-state index contributed by atoms with van der Waals surface area (Å²) in [6.07, 6.45) is 3.25. The molecule has 0 aliphatic carbocycles. The molecule has 2 aromatic carbocycles. The normalized spacial score (nSPS) is 10.7. The van der Waals surface area contributed by atoms with E-state index in [2.05, 4.69) is 0 Å². The average molecular weight is 268 g/mol. The summed E-state index contributed by atoms with van der Waals surface area (Å²) < 4.78 is 5.41. The van der Waals surface area contributed by atoms with Gasteiger partial charge in [-0.3, -0.25) is 4.79 Å². The molecular weight excluding hydrogens is 252 g/mol. The van der Waals surface area contributed by atoms with E-state index >= 15 is 0 Å². The third kappa shape index (κ3) is 3.80. The highest BCUT2D eigenvalue weighted by atomic mass is 16.5. The zero-order valence-corrected chi connectivity index (χ0v) is 11.0. The fourth-order valence-corrected chi connectivity index (χ4v) is 1.77. The van der Waals surface area contributed by atoms with Gasteiger partial charge in [-0.25, -0.2) is 0 Å². The second-order valence-electron chi connectivity index (χ2n) is 4.17. The van der Waals surface area contributed by atoms with Gasteiger partial charge in [-0.1, -0.05) is 48.5 Å². The average Bonchev–Trinajstić information content (AvgIpc) is 2.52. The molecule has 1 N–H and O–H groups in total. The first-order valence-electron chi connectivity index (χ1n) is 6.41. The molecule has 0 spiro atoms. The Morgan fingerprint density at radius 1 is 1.05 bits per heavy atom. The first-order valence-corrected chi connectivity index (χ1v) is 6.41. The number of ether oxygens (including phenoxy) is 1. The van der Waals surface area contributed by atoms with Crippen molar-refractivity contribution in [3.63, 3.8) is 0 Å². The van der Waals surface area contributed by atoms with Gasteiger partial charge in [0.2, 0.25) is 0 Å². The van der Waals surface area contributed by atoms with E-state index in [-0.39, 0.29) is 19.0 Å². The molecule has 0 fully saturated rings. The van der Waals surface area contributed by atoms with Gasteiger partial charge < -0.3 is 9.84 Å². The highest BCUT2D eigenvalue weighted by Gasteiger charge is 2.02. The molecule has 0 saturated carbocycles. The zero-order valence-electron chi connectivity index (χ0n) is 11.0. The number of carbonyl (C=O) groups excluding carboxylic acids is 1. The van der Waals surface area contributed by atoms with Crippen molar-refractivity contribution in [2.24, 2.45) is 0 Å². The third-order valence-corrected chi connectivity index (χ3v) is 2.74. The summed E-state index contributed by atoms with van der Waals surface area (Å²) >= 11 is 0. The van der Waals surface area contributed by atoms with Crippen LogP contribution in [0.25, 0.3) is 6.08 Å². The number of allylic oxidation sites excluding steroid dienone is 1. The van der Waals surface area contributed by atoms with E-state index < -0.39 is 0 Å². The third-order valence-electron chi connectivity index (χ3n) is 2.74.